The van der Waals surface area contributed by atoms with Crippen LogP contribution in [0, 0.1) is 17.2 Å². The second kappa shape index (κ2) is 8.26. The van der Waals surface area contributed by atoms with Crippen LogP contribution in [0.1, 0.15) is 43.7 Å². The van der Waals surface area contributed by atoms with Gasteiger partial charge in [0, 0.05) is 31.4 Å². The minimum Gasteiger partial charge on any atom is -0.315 e. The van der Waals surface area contributed by atoms with Crippen LogP contribution in [0.5, 0.6) is 0 Å². The van der Waals surface area contributed by atoms with Crippen LogP contribution in [0.2, 0.25) is 0 Å². The summed E-state index contributed by atoms with van der Waals surface area (Å²) in [5.74, 6) is -0.177. The predicted octanol–water partition coefficient (Wildman–Crippen LogP) is 4.09. The topological polar surface area (TPSA) is 64.4 Å². The molecule has 5 nitrogen and oxygen atoms in total. The fourth-order valence-electron chi connectivity index (χ4n) is 3.66. The highest BCUT2D eigenvalue weighted by Gasteiger charge is 2.37. The lowest BCUT2D eigenvalue weighted by Gasteiger charge is -2.24. The second-order valence-corrected chi connectivity index (χ2v) is 7.33. The number of carbonyl (C=O) groups is 2. The monoisotopic (exact) mass is 375 g/mol. The lowest BCUT2D eigenvalue weighted by Crippen LogP contribution is -2.35. The molecular formula is C23H25N3O2. The highest BCUT2D eigenvalue weighted by atomic mass is 16.2. The summed E-state index contributed by atoms with van der Waals surface area (Å²) in [6.45, 7) is 4.66. The van der Waals surface area contributed by atoms with Crippen molar-refractivity contribution in [3.8, 4) is 6.07 Å². The maximum Gasteiger partial charge on any atom is 0.232 e. The van der Waals surface area contributed by atoms with E-state index in [1.165, 1.54) is 0 Å². The zero-order valence-corrected chi connectivity index (χ0v) is 16.6. The van der Waals surface area contributed by atoms with Gasteiger partial charge in [0.25, 0.3) is 0 Å². The van der Waals surface area contributed by atoms with Crippen molar-refractivity contribution in [2.75, 3.05) is 23.4 Å². The van der Waals surface area contributed by atoms with Crippen LogP contribution >= 0.6 is 0 Å². The van der Waals surface area contributed by atoms with Crippen LogP contribution in [0.3, 0.4) is 0 Å². The van der Waals surface area contributed by atoms with Crippen molar-refractivity contribution >= 4 is 23.2 Å². The van der Waals surface area contributed by atoms with E-state index in [1.54, 1.807) is 41.1 Å². The average Bonchev–Trinajstić information content (AvgIpc) is 3.13. The Labute approximate surface area is 166 Å². The molecule has 2 aromatic carbocycles. The fraction of sp³-hybridized carbons (Fsp3) is 0.348. The van der Waals surface area contributed by atoms with E-state index in [2.05, 4.69) is 26.0 Å². The lowest BCUT2D eigenvalue weighted by molar-refractivity contribution is -0.124. The van der Waals surface area contributed by atoms with Crippen LogP contribution in [0.25, 0.3) is 0 Å². The molecule has 1 aliphatic rings. The second-order valence-electron chi connectivity index (χ2n) is 7.33. The van der Waals surface area contributed by atoms with Gasteiger partial charge < -0.3 is 9.80 Å². The van der Waals surface area contributed by atoms with Crippen molar-refractivity contribution in [2.45, 2.75) is 32.6 Å². The Morgan fingerprint density at radius 2 is 2.04 bits per heavy atom. The molecule has 0 spiro atoms. The summed E-state index contributed by atoms with van der Waals surface area (Å²) in [6.07, 6.45) is 1.19. The summed E-state index contributed by atoms with van der Waals surface area (Å²) in [5, 5.41) is 9.08. The third kappa shape index (κ3) is 3.77. The molecule has 0 N–H and O–H groups in total. The molecule has 0 radical (unpaired) electrons. The van der Waals surface area contributed by atoms with Gasteiger partial charge in [-0.2, -0.15) is 5.26 Å². The minimum absolute atomic E-state index is 0.0201. The molecule has 0 aliphatic carbocycles. The standard InChI is InChI=1S/C23H25N3O2/c1-4-16(2)20-10-5-6-11-21(20)26-15-18(13-22(26)27)23(28)25(3)19-9-7-8-17(12-19)14-24/h5-12,16,18H,4,13,15H2,1-3H3. The van der Waals surface area contributed by atoms with Gasteiger partial charge in [-0.05, 0) is 42.2 Å². The first-order chi connectivity index (χ1) is 13.5. The molecule has 28 heavy (non-hydrogen) atoms. The van der Waals surface area contributed by atoms with E-state index in [-0.39, 0.29) is 18.2 Å². The van der Waals surface area contributed by atoms with E-state index in [1.807, 2.05) is 18.2 Å². The van der Waals surface area contributed by atoms with Gasteiger partial charge in [0.2, 0.25) is 11.8 Å². The summed E-state index contributed by atoms with van der Waals surface area (Å²) in [7, 11) is 1.69. The Kier molecular flexibility index (Phi) is 5.79. The molecule has 0 bridgehead atoms. The number of anilines is 2. The van der Waals surface area contributed by atoms with Crippen molar-refractivity contribution < 1.29 is 9.59 Å². The fourth-order valence-corrected chi connectivity index (χ4v) is 3.66. The maximum absolute atomic E-state index is 13.0. The Bertz CT molecular complexity index is 931. The van der Waals surface area contributed by atoms with Crippen LogP contribution < -0.4 is 9.80 Å². The molecule has 2 atom stereocenters. The number of carbonyl (C=O) groups excluding carboxylic acids is 2. The van der Waals surface area contributed by atoms with Crippen molar-refractivity contribution in [3.63, 3.8) is 0 Å². The predicted molar refractivity (Wildman–Crippen MR) is 110 cm³/mol. The zero-order chi connectivity index (χ0) is 20.3. The molecule has 3 rings (SSSR count). The molecule has 0 aromatic heterocycles. The average molecular weight is 375 g/mol. The highest BCUT2D eigenvalue weighted by Crippen LogP contribution is 2.34. The lowest BCUT2D eigenvalue weighted by atomic mass is 9.96. The number of nitriles is 1. The smallest absolute Gasteiger partial charge is 0.232 e. The molecule has 1 aliphatic heterocycles. The first-order valence-electron chi connectivity index (χ1n) is 9.63. The highest BCUT2D eigenvalue weighted by molar-refractivity contribution is 6.04. The molecular weight excluding hydrogens is 350 g/mol. The van der Waals surface area contributed by atoms with Crippen LogP contribution in [0.15, 0.2) is 48.5 Å². The third-order valence-electron chi connectivity index (χ3n) is 5.54. The normalized spacial score (nSPS) is 17.3. The Morgan fingerprint density at radius 1 is 1.29 bits per heavy atom. The largest absolute Gasteiger partial charge is 0.315 e. The number of benzene rings is 2. The van der Waals surface area contributed by atoms with Crippen LogP contribution in [-0.4, -0.2) is 25.4 Å². The molecule has 5 heteroatoms. The zero-order valence-electron chi connectivity index (χ0n) is 16.6. The van der Waals surface area contributed by atoms with E-state index in [0.717, 1.165) is 17.7 Å². The van der Waals surface area contributed by atoms with Gasteiger partial charge in [0.1, 0.15) is 0 Å². The van der Waals surface area contributed by atoms with Gasteiger partial charge >= 0.3 is 0 Å². The summed E-state index contributed by atoms with van der Waals surface area (Å²) in [4.78, 5) is 29.0. The van der Waals surface area contributed by atoms with E-state index in [0.29, 0.717) is 23.7 Å². The van der Waals surface area contributed by atoms with E-state index in [9.17, 15) is 9.59 Å². The van der Waals surface area contributed by atoms with E-state index < -0.39 is 5.92 Å². The number of nitrogens with zero attached hydrogens (tertiary/aromatic N) is 3. The Morgan fingerprint density at radius 3 is 2.75 bits per heavy atom. The van der Waals surface area contributed by atoms with Crippen molar-refractivity contribution in [3.05, 3.63) is 59.7 Å². The van der Waals surface area contributed by atoms with Gasteiger partial charge in [-0.25, -0.2) is 0 Å². The van der Waals surface area contributed by atoms with Crippen molar-refractivity contribution in [1.82, 2.24) is 0 Å². The quantitative estimate of drug-likeness (QED) is 0.791. The number of para-hydroxylation sites is 1. The first kappa shape index (κ1) is 19.6. The van der Waals surface area contributed by atoms with Crippen LogP contribution in [-0.2, 0) is 9.59 Å². The molecule has 2 amide bonds. The summed E-state index contributed by atoms with van der Waals surface area (Å²) < 4.78 is 0. The van der Waals surface area contributed by atoms with E-state index in [4.69, 9.17) is 5.26 Å². The van der Waals surface area contributed by atoms with Crippen LogP contribution in [0.4, 0.5) is 11.4 Å². The Balaban J connectivity index is 1.81. The molecule has 2 aromatic rings. The number of hydrogen-bond acceptors (Lipinski definition) is 3. The summed E-state index contributed by atoms with van der Waals surface area (Å²) >= 11 is 0. The van der Waals surface area contributed by atoms with Gasteiger partial charge in [-0.1, -0.05) is 38.1 Å². The Hall–Kier alpha value is -3.13. The van der Waals surface area contributed by atoms with Gasteiger partial charge in [0.15, 0.2) is 0 Å². The van der Waals surface area contributed by atoms with E-state index >= 15 is 0 Å². The molecule has 1 saturated heterocycles. The van der Waals surface area contributed by atoms with Crippen molar-refractivity contribution in [1.29, 1.82) is 5.26 Å². The maximum atomic E-state index is 13.0. The molecule has 2 unspecified atom stereocenters. The molecule has 1 heterocycles. The number of rotatable bonds is 5. The third-order valence-corrected chi connectivity index (χ3v) is 5.54. The van der Waals surface area contributed by atoms with Crippen molar-refractivity contribution in [2.24, 2.45) is 5.92 Å². The first-order valence-corrected chi connectivity index (χ1v) is 9.63. The summed E-state index contributed by atoms with van der Waals surface area (Å²) in [5.41, 5.74) is 3.21. The minimum atomic E-state index is -0.395. The van der Waals surface area contributed by atoms with Gasteiger partial charge in [-0.15, -0.1) is 0 Å². The molecule has 1 fully saturated rings. The van der Waals surface area contributed by atoms with Gasteiger partial charge in [0.05, 0.1) is 17.6 Å². The SMILES string of the molecule is CCC(C)c1ccccc1N1CC(C(=O)N(C)c2cccc(C#N)c2)CC1=O. The molecule has 144 valence electrons. The number of amides is 2. The number of hydrogen-bond donors (Lipinski definition) is 0. The molecule has 0 saturated carbocycles. The summed E-state index contributed by atoms with van der Waals surface area (Å²) in [6, 6.07) is 17.0. The van der Waals surface area contributed by atoms with Gasteiger partial charge in [-0.3, -0.25) is 9.59 Å².